The number of hydrogen-bond donors (Lipinski definition) is 1. The summed E-state index contributed by atoms with van der Waals surface area (Å²) in [5.41, 5.74) is 12.2. The molecule has 0 atom stereocenters. The zero-order chi connectivity index (χ0) is 2.71. The molecule has 0 unspecified atom stereocenters. The van der Waals surface area contributed by atoms with Crippen molar-refractivity contribution in [1.29, 1.82) is 5.53 Å². The van der Waals surface area contributed by atoms with Gasteiger partial charge >= 0.3 is 29.6 Å². The van der Waals surface area contributed by atoms with Crippen LogP contribution in [0.15, 0.2) is 0 Å². The molecule has 0 saturated heterocycles. The van der Waals surface area contributed by atoms with E-state index in [1.165, 1.54) is 0 Å². The first-order valence-electron chi connectivity index (χ1n) is 0.424. The first-order chi connectivity index (χ1) is 1.41. The van der Waals surface area contributed by atoms with E-state index in [4.69, 9.17) is 11.1 Å². The van der Waals surface area contributed by atoms with Gasteiger partial charge in [-0.15, -0.1) is 22.5 Å². The van der Waals surface area contributed by atoms with Crippen LogP contribution in [0.25, 0.3) is 10.4 Å². The van der Waals surface area contributed by atoms with Crippen LogP contribution in [0.4, 0.5) is 0 Å². The first kappa shape index (κ1) is 17.1. The second kappa shape index (κ2) is 21.5. The second-order valence-corrected chi connectivity index (χ2v) is 0.100. The van der Waals surface area contributed by atoms with Gasteiger partial charge in [-0.3, -0.25) is 0 Å². The van der Waals surface area contributed by atoms with Gasteiger partial charge in [-0.25, -0.2) is 0 Å². The zero-order valence-corrected chi connectivity index (χ0v) is 3.52. The quantitative estimate of drug-likeness (QED) is 0.228. The van der Waals surface area contributed by atoms with Crippen molar-refractivity contribution >= 4 is 46.5 Å². The van der Waals surface area contributed by atoms with Crippen molar-refractivity contribution in [3.05, 3.63) is 10.4 Å². The number of nitrogens with one attached hydrogen (secondary N) is 1. The van der Waals surface area contributed by atoms with Gasteiger partial charge in [0.25, 0.3) is 0 Å². The van der Waals surface area contributed by atoms with Crippen LogP contribution in [0.3, 0.4) is 0 Å². The number of nitrogens with zero attached hydrogens (tertiary/aromatic N) is 2. The minimum absolute atomic E-state index is 0. The zero-order valence-electron chi connectivity index (χ0n) is 1.80. The monoisotopic (exact) mass is 147 g/mol. The van der Waals surface area contributed by atoms with Crippen LogP contribution in [0.2, 0.25) is 0 Å². The summed E-state index contributed by atoms with van der Waals surface area (Å²) in [4.78, 5) is 1.75. The van der Waals surface area contributed by atoms with Crippen LogP contribution in [0, 0.1) is 5.53 Å². The fraction of sp³-hybridized carbons (Fsp3) is 0. The average molecular weight is 148 g/mol. The summed E-state index contributed by atoms with van der Waals surface area (Å²) in [6.07, 6.45) is 0. The molecule has 5 heteroatoms. The normalized spacial score (nSPS) is 1.60. The number of hydrogen-bond acceptors (Lipinski definition) is 1. The van der Waals surface area contributed by atoms with Gasteiger partial charge in [0.15, 0.2) is 0 Å². The molecule has 0 amide bonds. The van der Waals surface area contributed by atoms with Crippen LogP contribution < -0.4 is 0 Å². The summed E-state index contributed by atoms with van der Waals surface area (Å²) in [6, 6.07) is 0. The Kier molecular flexibility index (Phi) is 73.3. The van der Waals surface area contributed by atoms with E-state index in [1.54, 1.807) is 4.91 Å². The van der Waals surface area contributed by atoms with Crippen molar-refractivity contribution in [3.63, 3.8) is 0 Å². The van der Waals surface area contributed by atoms with Crippen molar-refractivity contribution in [2.75, 3.05) is 0 Å². The summed E-state index contributed by atoms with van der Waals surface area (Å²) < 4.78 is 0. The van der Waals surface area contributed by atoms with E-state index in [9.17, 15) is 0 Å². The maximum atomic E-state index is 6.86. The molecule has 3 nitrogen and oxygen atoms in total. The van der Waals surface area contributed by atoms with Crippen LogP contribution in [-0.4, -0.2) is 29.6 Å². The molecule has 0 heterocycles. The fourth-order valence-corrected chi connectivity index (χ4v) is 0. The van der Waals surface area contributed by atoms with Gasteiger partial charge in [0, 0.05) is 0 Å². The molecule has 1 N–H and O–H groups in total. The Balaban J connectivity index is -0.0000000200. The minimum atomic E-state index is 0. The van der Waals surface area contributed by atoms with E-state index in [0.29, 0.717) is 0 Å². The molecule has 0 fully saturated rings. The molecular weight excluding hydrogens is 145 g/mol. The Morgan fingerprint density at radius 2 is 1.60 bits per heavy atom. The van der Waals surface area contributed by atoms with Crippen molar-refractivity contribution in [2.45, 2.75) is 0 Å². The van der Waals surface area contributed by atoms with E-state index in [-0.39, 0.29) is 46.5 Å². The Bertz CT molecular complexity index is 27.9. The molecule has 0 radical (unpaired) electrons. The third-order valence-corrected chi connectivity index (χ3v) is 0. The molecule has 0 rings (SSSR count). The standard InChI is InChI=1S/BrH.HN3.Na.H/c;1-3-2;;/h1H;1H;;. The topological polar surface area (TPSA) is 60.3 Å². The van der Waals surface area contributed by atoms with Crippen molar-refractivity contribution in [2.24, 2.45) is 0 Å². The van der Waals surface area contributed by atoms with Crippen LogP contribution in [-0.2, 0) is 0 Å². The predicted octanol–water partition coefficient (Wildman–Crippen LogP) is 0.805. The predicted molar refractivity (Wildman–Crippen MR) is 26.9 cm³/mol. The van der Waals surface area contributed by atoms with Crippen molar-refractivity contribution < 1.29 is 0 Å². The molecule has 26 valence electrons. The Morgan fingerprint density at radius 3 is 1.60 bits per heavy atom. The van der Waals surface area contributed by atoms with Gasteiger partial charge in [-0.1, -0.05) is 0 Å². The second-order valence-electron chi connectivity index (χ2n) is 0.100. The Hall–Kier alpha value is 0.790. The van der Waals surface area contributed by atoms with Gasteiger partial charge < -0.3 is 0 Å². The van der Waals surface area contributed by atoms with Crippen LogP contribution in [0.5, 0.6) is 0 Å². The molecule has 5 heavy (non-hydrogen) atoms. The molecule has 0 aliphatic heterocycles. The van der Waals surface area contributed by atoms with Gasteiger partial charge in [-0.2, -0.15) is 0 Å². The van der Waals surface area contributed by atoms with E-state index in [2.05, 4.69) is 0 Å². The van der Waals surface area contributed by atoms with Crippen molar-refractivity contribution in [1.82, 2.24) is 0 Å². The molecule has 0 spiro atoms. The first-order valence-corrected chi connectivity index (χ1v) is 0.424. The van der Waals surface area contributed by atoms with Gasteiger partial charge in [-0.05, 0) is 10.4 Å². The molecule has 0 aliphatic rings. The van der Waals surface area contributed by atoms with E-state index in [0.717, 1.165) is 0 Å². The Morgan fingerprint density at radius 1 is 1.60 bits per heavy atom. The maximum absolute atomic E-state index is 6.86. The molecule has 0 aromatic rings. The molecular formula is H3BrN3Na. The van der Waals surface area contributed by atoms with Crippen LogP contribution >= 0.6 is 17.0 Å². The summed E-state index contributed by atoms with van der Waals surface area (Å²) in [7, 11) is 0. The third-order valence-electron chi connectivity index (χ3n) is 0. The molecule has 0 aliphatic carbocycles. The van der Waals surface area contributed by atoms with E-state index >= 15 is 0 Å². The number of rotatable bonds is 0. The van der Waals surface area contributed by atoms with Gasteiger partial charge in [0.2, 0.25) is 0 Å². The van der Waals surface area contributed by atoms with E-state index in [1.807, 2.05) is 0 Å². The summed E-state index contributed by atoms with van der Waals surface area (Å²) >= 11 is 0. The summed E-state index contributed by atoms with van der Waals surface area (Å²) in [6.45, 7) is 0. The molecule has 0 aromatic carbocycles. The summed E-state index contributed by atoms with van der Waals surface area (Å²) in [5.74, 6) is 0. The Labute approximate surface area is 62.2 Å². The number of halogens is 1. The van der Waals surface area contributed by atoms with Crippen LogP contribution in [0.1, 0.15) is 0 Å². The SMILES string of the molecule is Br.[N-]=[N+]=N.[NaH]. The van der Waals surface area contributed by atoms with Gasteiger partial charge in [0.05, 0.1) is 0 Å². The van der Waals surface area contributed by atoms with Gasteiger partial charge in [0.1, 0.15) is 0 Å². The molecule has 0 aromatic heterocycles. The fourth-order valence-electron chi connectivity index (χ4n) is 0. The van der Waals surface area contributed by atoms with E-state index < -0.39 is 0 Å². The average Bonchev–Trinajstić information content (AvgIpc) is 0.918. The van der Waals surface area contributed by atoms with Crippen molar-refractivity contribution in [3.8, 4) is 0 Å². The summed E-state index contributed by atoms with van der Waals surface area (Å²) in [5, 5.41) is 0. The third kappa shape index (κ3) is 59.7. The molecule has 0 bridgehead atoms. The molecule has 0 saturated carbocycles.